The van der Waals surface area contributed by atoms with Crippen molar-refractivity contribution in [3.8, 4) is 11.8 Å². The minimum absolute atomic E-state index is 0.332. The molecular formula is C15H11ClN2O. The van der Waals surface area contributed by atoms with Crippen LogP contribution in [0.5, 0.6) is 11.8 Å². The molecule has 3 nitrogen and oxygen atoms in total. The molecule has 0 N–H and O–H groups in total. The Morgan fingerprint density at radius 3 is 2.58 bits per heavy atom. The second-order valence-corrected chi connectivity index (χ2v) is 4.34. The number of aromatic nitrogens is 2. The molecule has 0 spiro atoms. The standard InChI is InChI=1S/C15H11ClN2O/c16-10-12-9-13(19-15-17-6-3-7-18-15)8-11-4-1-2-5-14(11)12/h1-9H,10H2. The average molecular weight is 271 g/mol. The van der Waals surface area contributed by atoms with Crippen molar-refractivity contribution >= 4 is 22.4 Å². The summed E-state index contributed by atoms with van der Waals surface area (Å²) in [5.74, 6) is 1.13. The summed E-state index contributed by atoms with van der Waals surface area (Å²) in [5, 5.41) is 2.23. The lowest BCUT2D eigenvalue weighted by atomic mass is 10.1. The maximum Gasteiger partial charge on any atom is 0.321 e. The molecule has 19 heavy (non-hydrogen) atoms. The maximum atomic E-state index is 5.99. The van der Waals surface area contributed by atoms with Crippen LogP contribution in [0.15, 0.2) is 54.9 Å². The summed E-state index contributed by atoms with van der Waals surface area (Å²) < 4.78 is 5.65. The predicted octanol–water partition coefficient (Wildman–Crippen LogP) is 4.16. The highest BCUT2D eigenvalue weighted by atomic mass is 35.5. The van der Waals surface area contributed by atoms with E-state index in [2.05, 4.69) is 16.0 Å². The van der Waals surface area contributed by atoms with E-state index in [1.54, 1.807) is 18.5 Å². The third kappa shape index (κ3) is 2.51. The summed E-state index contributed by atoms with van der Waals surface area (Å²) in [4.78, 5) is 8.09. The first-order chi connectivity index (χ1) is 9.36. The van der Waals surface area contributed by atoms with E-state index in [1.807, 2.05) is 30.3 Å². The molecule has 0 amide bonds. The van der Waals surface area contributed by atoms with E-state index in [1.165, 1.54) is 0 Å². The third-order valence-electron chi connectivity index (χ3n) is 2.82. The van der Waals surface area contributed by atoms with Gasteiger partial charge in [-0.3, -0.25) is 0 Å². The van der Waals surface area contributed by atoms with Gasteiger partial charge in [-0.25, -0.2) is 9.97 Å². The zero-order chi connectivity index (χ0) is 13.1. The van der Waals surface area contributed by atoms with Gasteiger partial charge in [0, 0.05) is 18.3 Å². The molecule has 0 bridgehead atoms. The number of hydrogen-bond donors (Lipinski definition) is 0. The summed E-state index contributed by atoms with van der Waals surface area (Å²) in [6.45, 7) is 0. The molecule has 3 rings (SSSR count). The lowest BCUT2D eigenvalue weighted by Gasteiger charge is -2.08. The molecule has 4 heteroatoms. The fraction of sp³-hybridized carbons (Fsp3) is 0.0667. The Morgan fingerprint density at radius 1 is 1.00 bits per heavy atom. The van der Waals surface area contributed by atoms with Gasteiger partial charge >= 0.3 is 6.01 Å². The Morgan fingerprint density at radius 2 is 1.79 bits per heavy atom. The second kappa shape index (κ2) is 5.24. The molecule has 0 aliphatic rings. The van der Waals surface area contributed by atoms with E-state index >= 15 is 0 Å². The van der Waals surface area contributed by atoms with Gasteiger partial charge in [0.25, 0.3) is 0 Å². The summed E-state index contributed by atoms with van der Waals surface area (Å²) in [5.41, 5.74) is 1.03. The molecule has 94 valence electrons. The maximum absolute atomic E-state index is 5.99. The average Bonchev–Trinajstić information content (AvgIpc) is 2.47. The number of ether oxygens (including phenoxy) is 1. The highest BCUT2D eigenvalue weighted by Gasteiger charge is 2.05. The highest BCUT2D eigenvalue weighted by molar-refractivity contribution is 6.18. The van der Waals surface area contributed by atoms with Crippen molar-refractivity contribution in [3.63, 3.8) is 0 Å². The van der Waals surface area contributed by atoms with Crippen molar-refractivity contribution in [2.75, 3.05) is 0 Å². The van der Waals surface area contributed by atoms with Crippen molar-refractivity contribution < 1.29 is 4.74 Å². The van der Waals surface area contributed by atoms with Crippen LogP contribution in [0.1, 0.15) is 5.56 Å². The molecule has 3 aromatic rings. The molecule has 0 fully saturated rings. The lowest BCUT2D eigenvalue weighted by molar-refractivity contribution is 0.442. The number of fused-ring (bicyclic) bond motifs is 1. The van der Waals surface area contributed by atoms with Gasteiger partial charge in [-0.2, -0.15) is 0 Å². The topological polar surface area (TPSA) is 35.0 Å². The Labute approximate surface area is 115 Å². The van der Waals surface area contributed by atoms with Crippen LogP contribution in [0.3, 0.4) is 0 Å². The van der Waals surface area contributed by atoms with Crippen LogP contribution < -0.4 is 4.74 Å². The van der Waals surface area contributed by atoms with E-state index in [0.717, 1.165) is 16.3 Å². The first-order valence-electron chi connectivity index (χ1n) is 5.89. The number of alkyl halides is 1. The molecule has 0 saturated heterocycles. The van der Waals surface area contributed by atoms with Crippen molar-refractivity contribution in [3.05, 3.63) is 60.4 Å². The highest BCUT2D eigenvalue weighted by Crippen LogP contribution is 2.28. The number of rotatable bonds is 3. The largest absolute Gasteiger partial charge is 0.424 e. The fourth-order valence-corrected chi connectivity index (χ4v) is 2.19. The Balaban J connectivity index is 2.05. The molecular weight excluding hydrogens is 260 g/mol. The van der Waals surface area contributed by atoms with Crippen molar-refractivity contribution in [1.29, 1.82) is 0 Å². The van der Waals surface area contributed by atoms with Crippen LogP contribution in [0.4, 0.5) is 0 Å². The molecule has 0 unspecified atom stereocenters. The van der Waals surface area contributed by atoms with Gasteiger partial charge < -0.3 is 4.74 Å². The van der Waals surface area contributed by atoms with Gasteiger partial charge in [0.15, 0.2) is 0 Å². The van der Waals surface area contributed by atoms with Crippen LogP contribution >= 0.6 is 11.6 Å². The van der Waals surface area contributed by atoms with Gasteiger partial charge in [0.1, 0.15) is 5.75 Å². The molecule has 0 atom stereocenters. The second-order valence-electron chi connectivity index (χ2n) is 4.07. The van der Waals surface area contributed by atoms with Gasteiger partial charge in [0.2, 0.25) is 0 Å². The Hall–Kier alpha value is -2.13. The minimum Gasteiger partial charge on any atom is -0.424 e. The van der Waals surface area contributed by atoms with E-state index in [9.17, 15) is 0 Å². The number of benzene rings is 2. The van der Waals surface area contributed by atoms with Gasteiger partial charge in [-0.05, 0) is 34.5 Å². The Kier molecular flexibility index (Phi) is 3.29. The van der Waals surface area contributed by atoms with E-state index in [-0.39, 0.29) is 0 Å². The van der Waals surface area contributed by atoms with Gasteiger partial charge in [-0.15, -0.1) is 11.6 Å². The van der Waals surface area contributed by atoms with E-state index < -0.39 is 0 Å². The van der Waals surface area contributed by atoms with Crippen LogP contribution in [0.2, 0.25) is 0 Å². The molecule has 1 aromatic heterocycles. The number of halogens is 1. The monoisotopic (exact) mass is 270 g/mol. The van der Waals surface area contributed by atoms with E-state index in [4.69, 9.17) is 16.3 Å². The molecule has 0 radical (unpaired) electrons. The van der Waals surface area contributed by atoms with Crippen LogP contribution in [-0.4, -0.2) is 9.97 Å². The van der Waals surface area contributed by atoms with Crippen molar-refractivity contribution in [1.82, 2.24) is 9.97 Å². The molecule has 0 aliphatic heterocycles. The zero-order valence-corrected chi connectivity index (χ0v) is 10.8. The Bertz CT molecular complexity index is 701. The molecule has 1 heterocycles. The normalized spacial score (nSPS) is 10.6. The summed E-state index contributed by atoms with van der Waals surface area (Å²) in [6, 6.07) is 14.0. The summed E-state index contributed by atoms with van der Waals surface area (Å²) in [6.07, 6.45) is 3.29. The molecule has 0 aliphatic carbocycles. The fourth-order valence-electron chi connectivity index (χ4n) is 1.97. The number of hydrogen-bond acceptors (Lipinski definition) is 3. The van der Waals surface area contributed by atoms with Crippen LogP contribution in [0.25, 0.3) is 10.8 Å². The summed E-state index contributed by atoms with van der Waals surface area (Å²) in [7, 11) is 0. The van der Waals surface area contributed by atoms with Gasteiger partial charge in [-0.1, -0.05) is 24.3 Å². The molecule has 0 saturated carbocycles. The zero-order valence-electron chi connectivity index (χ0n) is 10.1. The summed E-state index contributed by atoms with van der Waals surface area (Å²) >= 11 is 5.99. The number of nitrogens with zero attached hydrogens (tertiary/aromatic N) is 2. The van der Waals surface area contributed by atoms with Crippen molar-refractivity contribution in [2.45, 2.75) is 5.88 Å². The quantitative estimate of drug-likeness (QED) is 0.670. The predicted molar refractivity (Wildman–Crippen MR) is 75.6 cm³/mol. The van der Waals surface area contributed by atoms with E-state index in [0.29, 0.717) is 17.6 Å². The first-order valence-corrected chi connectivity index (χ1v) is 6.43. The third-order valence-corrected chi connectivity index (χ3v) is 3.10. The minimum atomic E-state index is 0.332. The van der Waals surface area contributed by atoms with Crippen LogP contribution in [0, 0.1) is 0 Å². The lowest BCUT2D eigenvalue weighted by Crippen LogP contribution is -1.92. The van der Waals surface area contributed by atoms with Gasteiger partial charge in [0.05, 0.1) is 0 Å². The molecule has 2 aromatic carbocycles. The van der Waals surface area contributed by atoms with Crippen molar-refractivity contribution in [2.24, 2.45) is 0 Å². The SMILES string of the molecule is ClCc1cc(Oc2ncccn2)cc2ccccc12. The smallest absolute Gasteiger partial charge is 0.321 e. The van der Waals surface area contributed by atoms with Crippen LogP contribution in [-0.2, 0) is 5.88 Å². The first kappa shape index (κ1) is 11.9.